The molecule has 0 saturated heterocycles. The number of aromatic nitrogens is 3. The molecule has 1 aromatic heterocycles. The maximum absolute atomic E-state index is 11.3. The quantitative estimate of drug-likeness (QED) is 0.739. The molecule has 2 rings (SSSR count). The van der Waals surface area contributed by atoms with Crippen LogP contribution in [0.5, 0.6) is 0 Å². The predicted octanol–water partition coefficient (Wildman–Crippen LogP) is -1.18. The first-order valence-electron chi connectivity index (χ1n) is 5.51. The Morgan fingerprint density at radius 3 is 2.88 bits per heavy atom. The zero-order valence-corrected chi connectivity index (χ0v) is 10.9. The van der Waals surface area contributed by atoms with Crippen LogP contribution in [0.3, 0.4) is 0 Å². The van der Waals surface area contributed by atoms with Gasteiger partial charge in [0.1, 0.15) is 11.6 Å². The zero-order valence-electron chi connectivity index (χ0n) is 10.0. The van der Waals surface area contributed by atoms with Crippen molar-refractivity contribution in [3.05, 3.63) is 11.6 Å². The lowest BCUT2D eigenvalue weighted by Crippen LogP contribution is -2.27. The smallest absolute Gasteiger partial charge is 0.211 e. The van der Waals surface area contributed by atoms with Crippen LogP contribution in [0.15, 0.2) is 0 Å². The lowest BCUT2D eigenvalue weighted by Gasteiger charge is -2.14. The summed E-state index contributed by atoms with van der Waals surface area (Å²) in [4.78, 5) is 0. The summed E-state index contributed by atoms with van der Waals surface area (Å²) in [5, 5.41) is 11.4. The lowest BCUT2D eigenvalue weighted by atomic mass is 10.4. The van der Waals surface area contributed by atoms with E-state index in [0.29, 0.717) is 5.82 Å². The Morgan fingerprint density at radius 1 is 1.41 bits per heavy atom. The molecule has 2 heterocycles. The average molecular weight is 259 g/mol. The first-order valence-corrected chi connectivity index (χ1v) is 7.36. The highest BCUT2D eigenvalue weighted by atomic mass is 32.2. The summed E-state index contributed by atoms with van der Waals surface area (Å²) in [6, 6.07) is 0. The van der Waals surface area contributed by atoms with Crippen LogP contribution in [-0.2, 0) is 29.5 Å². The van der Waals surface area contributed by atoms with Gasteiger partial charge in [-0.2, -0.15) is 4.31 Å². The van der Waals surface area contributed by atoms with Gasteiger partial charge in [0.2, 0.25) is 10.0 Å². The number of hydrogen-bond acceptors (Lipinski definition) is 5. The largest absolute Gasteiger partial charge is 0.315 e. The summed E-state index contributed by atoms with van der Waals surface area (Å²) in [5.41, 5.74) is 0. The van der Waals surface area contributed by atoms with Crippen LogP contribution in [-0.4, -0.2) is 53.9 Å². The molecule has 0 fully saturated rings. The number of hydrogen-bond donors (Lipinski definition) is 1. The van der Waals surface area contributed by atoms with E-state index in [1.165, 1.54) is 10.6 Å². The van der Waals surface area contributed by atoms with Crippen molar-refractivity contribution in [2.75, 3.05) is 26.4 Å². The van der Waals surface area contributed by atoms with Crippen LogP contribution in [0.2, 0.25) is 0 Å². The highest BCUT2D eigenvalue weighted by Crippen LogP contribution is 2.08. The Labute approximate surface area is 101 Å². The summed E-state index contributed by atoms with van der Waals surface area (Å²) >= 11 is 0. The number of sulfonamides is 1. The van der Waals surface area contributed by atoms with Crippen molar-refractivity contribution in [1.29, 1.82) is 0 Å². The van der Waals surface area contributed by atoms with Crippen molar-refractivity contribution < 1.29 is 8.42 Å². The Morgan fingerprint density at radius 2 is 2.18 bits per heavy atom. The molecule has 1 N–H and O–H groups in total. The van der Waals surface area contributed by atoms with Crippen LogP contribution in [0.1, 0.15) is 11.6 Å². The van der Waals surface area contributed by atoms with E-state index in [2.05, 4.69) is 15.5 Å². The van der Waals surface area contributed by atoms with Gasteiger partial charge >= 0.3 is 0 Å². The minimum absolute atomic E-state index is 0.270. The molecule has 0 aliphatic carbocycles. The van der Waals surface area contributed by atoms with Gasteiger partial charge in [-0.25, -0.2) is 8.42 Å². The first kappa shape index (κ1) is 12.5. The Balaban J connectivity index is 2.20. The van der Waals surface area contributed by atoms with E-state index in [9.17, 15) is 8.42 Å². The molecular formula is C9H17N5O2S. The molecule has 17 heavy (non-hydrogen) atoms. The summed E-state index contributed by atoms with van der Waals surface area (Å²) < 4.78 is 26.0. The fourth-order valence-corrected chi connectivity index (χ4v) is 2.11. The van der Waals surface area contributed by atoms with Crippen LogP contribution in [0.4, 0.5) is 0 Å². The van der Waals surface area contributed by atoms with Crippen LogP contribution in [0, 0.1) is 0 Å². The van der Waals surface area contributed by atoms with Gasteiger partial charge in [-0.3, -0.25) is 0 Å². The van der Waals surface area contributed by atoms with Crippen molar-refractivity contribution in [2.24, 2.45) is 0 Å². The normalized spacial score (nSPS) is 16.9. The van der Waals surface area contributed by atoms with Crippen molar-refractivity contribution >= 4 is 10.0 Å². The van der Waals surface area contributed by atoms with Gasteiger partial charge in [-0.1, -0.05) is 0 Å². The number of nitrogens with zero attached hydrogens (tertiary/aromatic N) is 4. The van der Waals surface area contributed by atoms with Gasteiger partial charge in [-0.15, -0.1) is 10.2 Å². The molecule has 1 aliphatic rings. The molecule has 8 heteroatoms. The fraction of sp³-hybridized carbons (Fsp3) is 0.778. The predicted molar refractivity (Wildman–Crippen MR) is 62.9 cm³/mol. The van der Waals surface area contributed by atoms with Crippen molar-refractivity contribution in [3.8, 4) is 0 Å². The second-order valence-electron chi connectivity index (χ2n) is 4.20. The van der Waals surface area contributed by atoms with Crippen molar-refractivity contribution in [2.45, 2.75) is 19.5 Å². The standard InChI is InChI=1S/C9H17N5O2S/c1-13(17(2,15)16)7-9-12-11-8-3-4-10-5-6-14(8)9/h10H,3-7H2,1-2H3. The van der Waals surface area contributed by atoms with E-state index in [1.54, 1.807) is 7.05 Å². The summed E-state index contributed by atoms with van der Waals surface area (Å²) in [5.74, 6) is 1.63. The van der Waals surface area contributed by atoms with Gasteiger partial charge in [-0.05, 0) is 0 Å². The number of fused-ring (bicyclic) bond motifs is 1. The number of nitrogens with one attached hydrogen (secondary N) is 1. The molecule has 0 radical (unpaired) electrons. The molecule has 0 amide bonds. The highest BCUT2D eigenvalue weighted by molar-refractivity contribution is 7.88. The molecule has 0 atom stereocenters. The highest BCUT2D eigenvalue weighted by Gasteiger charge is 2.18. The van der Waals surface area contributed by atoms with Crippen molar-refractivity contribution in [3.63, 3.8) is 0 Å². The van der Waals surface area contributed by atoms with Gasteiger partial charge in [0.25, 0.3) is 0 Å². The second-order valence-corrected chi connectivity index (χ2v) is 6.29. The molecule has 0 bridgehead atoms. The third-order valence-corrected chi connectivity index (χ3v) is 4.13. The molecule has 7 nitrogen and oxygen atoms in total. The van der Waals surface area contributed by atoms with E-state index in [0.717, 1.165) is 31.9 Å². The monoisotopic (exact) mass is 259 g/mol. The van der Waals surface area contributed by atoms with Gasteiger partial charge in [0.05, 0.1) is 12.8 Å². The SMILES string of the molecule is CN(Cc1nnc2n1CCNCC2)S(C)(=O)=O. The zero-order chi connectivity index (χ0) is 12.5. The minimum atomic E-state index is -3.18. The van der Waals surface area contributed by atoms with E-state index in [4.69, 9.17) is 0 Å². The molecule has 0 spiro atoms. The lowest BCUT2D eigenvalue weighted by molar-refractivity contribution is 0.448. The Bertz CT molecular complexity index is 495. The molecule has 1 aromatic rings. The second kappa shape index (κ2) is 4.71. The summed E-state index contributed by atoms with van der Waals surface area (Å²) in [6.07, 6.45) is 2.02. The Hall–Kier alpha value is -0.990. The molecular weight excluding hydrogens is 242 g/mol. The Kier molecular flexibility index (Phi) is 3.45. The van der Waals surface area contributed by atoms with Crippen molar-refractivity contribution in [1.82, 2.24) is 24.4 Å². The van der Waals surface area contributed by atoms with Crippen LogP contribution < -0.4 is 5.32 Å². The van der Waals surface area contributed by atoms with E-state index in [1.807, 2.05) is 4.57 Å². The van der Waals surface area contributed by atoms with E-state index < -0.39 is 10.0 Å². The van der Waals surface area contributed by atoms with Crippen LogP contribution in [0.25, 0.3) is 0 Å². The molecule has 0 saturated carbocycles. The van der Waals surface area contributed by atoms with Gasteiger partial charge in [0, 0.05) is 33.1 Å². The molecule has 96 valence electrons. The van der Waals surface area contributed by atoms with Crippen LogP contribution >= 0.6 is 0 Å². The fourth-order valence-electron chi connectivity index (χ4n) is 1.76. The maximum Gasteiger partial charge on any atom is 0.211 e. The number of rotatable bonds is 3. The van der Waals surface area contributed by atoms with E-state index >= 15 is 0 Å². The van der Waals surface area contributed by atoms with E-state index in [-0.39, 0.29) is 6.54 Å². The third-order valence-electron chi connectivity index (χ3n) is 2.87. The topological polar surface area (TPSA) is 80.1 Å². The van der Waals surface area contributed by atoms with Gasteiger partial charge < -0.3 is 9.88 Å². The maximum atomic E-state index is 11.3. The molecule has 0 aromatic carbocycles. The minimum Gasteiger partial charge on any atom is -0.315 e. The summed E-state index contributed by atoms with van der Waals surface area (Å²) in [6.45, 7) is 2.81. The average Bonchev–Trinajstić information content (AvgIpc) is 2.48. The third kappa shape index (κ3) is 2.82. The first-order chi connectivity index (χ1) is 7.98. The molecule has 0 unspecified atom stereocenters. The molecule has 1 aliphatic heterocycles. The summed E-state index contributed by atoms with van der Waals surface area (Å²) in [7, 11) is -1.63. The van der Waals surface area contributed by atoms with Gasteiger partial charge in [0.15, 0.2) is 0 Å².